The molecule has 0 rings (SSSR count). The minimum atomic E-state index is -4.96. The normalized spacial score (nSPS) is 13.8. The monoisotopic (exact) mass is 1440 g/mol. The zero-order chi connectivity index (χ0) is 71.8. The summed E-state index contributed by atoms with van der Waals surface area (Å²) in [6, 6.07) is 0. The standard InChI is InChI=1S/C79H154O17P2/c1-5-9-13-17-21-25-28-31-33-35-36-37-38-40-43-46-50-54-58-62-66-79(84)96-75(70-90-77(82)64-60-56-52-48-44-42-39-34-32-29-26-22-18-14-10-6-2)72-94-98(87,88)92-68-73(80)67-91-97(85,86)93-71-74(69-89-76(81)63-59-55-51-47-24-20-16-12-8-4)95-78(83)65-61-57-53-49-45-41-30-27-23-19-15-11-7-3/h73-75,80H,5-72H2,1-4H3,(H,85,86)(H,87,88)/t73-,74+,75+/m0/s1. The summed E-state index contributed by atoms with van der Waals surface area (Å²) < 4.78 is 68.6. The molecule has 0 aromatic rings. The van der Waals surface area contributed by atoms with Crippen molar-refractivity contribution in [3.63, 3.8) is 0 Å². The molecule has 582 valence electrons. The summed E-state index contributed by atoms with van der Waals surface area (Å²) >= 11 is 0. The van der Waals surface area contributed by atoms with Crippen molar-refractivity contribution in [2.24, 2.45) is 0 Å². The average molecular weight is 1440 g/mol. The molecule has 0 aromatic carbocycles. The van der Waals surface area contributed by atoms with Crippen molar-refractivity contribution in [2.75, 3.05) is 39.6 Å². The van der Waals surface area contributed by atoms with Gasteiger partial charge in [-0.1, -0.05) is 374 Å². The van der Waals surface area contributed by atoms with Gasteiger partial charge in [0.05, 0.1) is 26.4 Å². The van der Waals surface area contributed by atoms with Gasteiger partial charge in [-0.15, -0.1) is 0 Å². The number of phosphoric acid groups is 2. The van der Waals surface area contributed by atoms with Gasteiger partial charge in [0.25, 0.3) is 0 Å². The molecule has 98 heavy (non-hydrogen) atoms. The van der Waals surface area contributed by atoms with E-state index in [0.717, 1.165) is 89.9 Å². The molecule has 19 heteroatoms. The first-order valence-electron chi connectivity index (χ1n) is 41.3. The lowest BCUT2D eigenvalue weighted by Crippen LogP contribution is -2.30. The van der Waals surface area contributed by atoms with Crippen LogP contribution in [0.25, 0.3) is 0 Å². The van der Waals surface area contributed by atoms with Crippen LogP contribution in [0.2, 0.25) is 0 Å². The summed E-state index contributed by atoms with van der Waals surface area (Å²) in [5.74, 6) is -2.11. The highest BCUT2D eigenvalue weighted by Gasteiger charge is 2.30. The van der Waals surface area contributed by atoms with Crippen LogP contribution in [0.5, 0.6) is 0 Å². The number of hydrogen-bond acceptors (Lipinski definition) is 15. The molecule has 0 saturated carbocycles. The summed E-state index contributed by atoms with van der Waals surface area (Å²) in [7, 11) is -9.91. The van der Waals surface area contributed by atoms with Crippen LogP contribution in [-0.4, -0.2) is 96.7 Å². The van der Waals surface area contributed by atoms with Crippen LogP contribution < -0.4 is 0 Å². The summed E-state index contributed by atoms with van der Waals surface area (Å²) in [6.45, 7) is 5.00. The number of esters is 4. The van der Waals surface area contributed by atoms with Gasteiger partial charge in [0, 0.05) is 25.7 Å². The van der Waals surface area contributed by atoms with E-state index in [0.29, 0.717) is 25.7 Å². The largest absolute Gasteiger partial charge is 0.472 e. The molecule has 0 saturated heterocycles. The number of hydrogen-bond donors (Lipinski definition) is 3. The van der Waals surface area contributed by atoms with E-state index in [-0.39, 0.29) is 25.7 Å². The van der Waals surface area contributed by atoms with E-state index in [2.05, 4.69) is 27.7 Å². The maximum absolute atomic E-state index is 13.1. The second-order valence-electron chi connectivity index (χ2n) is 28.5. The van der Waals surface area contributed by atoms with Crippen LogP contribution in [0.4, 0.5) is 0 Å². The minimum absolute atomic E-state index is 0.108. The smallest absolute Gasteiger partial charge is 0.462 e. The van der Waals surface area contributed by atoms with Gasteiger partial charge in [0.2, 0.25) is 0 Å². The number of ether oxygens (including phenoxy) is 4. The Labute approximate surface area is 600 Å². The van der Waals surface area contributed by atoms with Gasteiger partial charge in [-0.3, -0.25) is 37.3 Å². The van der Waals surface area contributed by atoms with Gasteiger partial charge < -0.3 is 33.8 Å². The molecule has 0 fully saturated rings. The van der Waals surface area contributed by atoms with Crippen molar-refractivity contribution in [2.45, 2.75) is 444 Å². The Morgan fingerprint density at radius 2 is 0.408 bits per heavy atom. The number of unbranched alkanes of at least 4 members (excludes halogenated alkanes) is 54. The van der Waals surface area contributed by atoms with E-state index in [1.54, 1.807) is 0 Å². The first-order chi connectivity index (χ1) is 47.7. The molecule has 0 aromatic heterocycles. The highest BCUT2D eigenvalue weighted by Crippen LogP contribution is 2.45. The molecule has 0 bridgehead atoms. The van der Waals surface area contributed by atoms with Crippen LogP contribution in [0.3, 0.4) is 0 Å². The number of carbonyl (C=O) groups excluding carboxylic acids is 4. The maximum Gasteiger partial charge on any atom is 0.472 e. The zero-order valence-electron chi connectivity index (χ0n) is 63.8. The number of rotatable bonds is 80. The van der Waals surface area contributed by atoms with Crippen molar-refractivity contribution in [1.29, 1.82) is 0 Å². The van der Waals surface area contributed by atoms with E-state index in [1.165, 1.54) is 257 Å². The summed E-state index contributed by atoms with van der Waals surface area (Å²) in [6.07, 6.45) is 65.2. The Kier molecular flexibility index (Phi) is 71.9. The summed E-state index contributed by atoms with van der Waals surface area (Å²) in [4.78, 5) is 72.9. The van der Waals surface area contributed by atoms with Crippen molar-refractivity contribution in [3.05, 3.63) is 0 Å². The Hall–Kier alpha value is -1.94. The number of carbonyl (C=O) groups is 4. The topological polar surface area (TPSA) is 237 Å². The summed E-state index contributed by atoms with van der Waals surface area (Å²) in [5, 5.41) is 10.6. The third kappa shape index (κ3) is 72.4. The SMILES string of the molecule is CCCCCCCCCCCCCCCCCCCCCCC(=O)O[C@H](COC(=O)CCCCCCCCCCCCCCCCCC)COP(=O)(O)OC[C@@H](O)COP(=O)(O)OC[C@@H](COC(=O)CCCCCCCCCCC)OC(=O)CCCCCCCCCCCCCCC. The predicted molar refractivity (Wildman–Crippen MR) is 400 cm³/mol. The Balaban J connectivity index is 5.21. The lowest BCUT2D eigenvalue weighted by molar-refractivity contribution is -0.161. The van der Waals surface area contributed by atoms with Crippen molar-refractivity contribution in [3.8, 4) is 0 Å². The van der Waals surface area contributed by atoms with Gasteiger partial charge >= 0.3 is 39.5 Å². The third-order valence-corrected chi connectivity index (χ3v) is 20.5. The fourth-order valence-electron chi connectivity index (χ4n) is 12.3. The van der Waals surface area contributed by atoms with Gasteiger partial charge in [-0.25, -0.2) is 9.13 Å². The van der Waals surface area contributed by atoms with Crippen LogP contribution in [0, 0.1) is 0 Å². The lowest BCUT2D eigenvalue weighted by atomic mass is 10.0. The quantitative estimate of drug-likeness (QED) is 0.0222. The third-order valence-electron chi connectivity index (χ3n) is 18.6. The molecule has 0 aliphatic heterocycles. The van der Waals surface area contributed by atoms with Crippen LogP contribution >= 0.6 is 15.6 Å². The second kappa shape index (κ2) is 73.4. The molecule has 0 amide bonds. The van der Waals surface area contributed by atoms with Gasteiger partial charge in [-0.2, -0.15) is 0 Å². The molecule has 5 atom stereocenters. The highest BCUT2D eigenvalue weighted by atomic mass is 31.2. The van der Waals surface area contributed by atoms with Gasteiger partial charge in [0.15, 0.2) is 12.2 Å². The average Bonchev–Trinajstić information content (AvgIpc) is 1.26. The van der Waals surface area contributed by atoms with Gasteiger partial charge in [0.1, 0.15) is 19.3 Å². The van der Waals surface area contributed by atoms with Crippen LogP contribution in [0.15, 0.2) is 0 Å². The van der Waals surface area contributed by atoms with Crippen molar-refractivity contribution < 1.29 is 80.2 Å². The van der Waals surface area contributed by atoms with E-state index in [9.17, 15) is 43.2 Å². The van der Waals surface area contributed by atoms with Crippen molar-refractivity contribution in [1.82, 2.24) is 0 Å². The molecule has 0 heterocycles. The first kappa shape index (κ1) is 96.1. The molecule has 17 nitrogen and oxygen atoms in total. The number of aliphatic hydroxyl groups excluding tert-OH is 1. The molecule has 0 aliphatic carbocycles. The molecule has 0 aliphatic rings. The van der Waals surface area contributed by atoms with E-state index < -0.39 is 97.5 Å². The zero-order valence-corrected chi connectivity index (χ0v) is 65.6. The molecular formula is C79H154O17P2. The Morgan fingerprint density at radius 3 is 0.602 bits per heavy atom. The molecule has 0 spiro atoms. The van der Waals surface area contributed by atoms with E-state index in [1.807, 2.05) is 0 Å². The summed E-state index contributed by atoms with van der Waals surface area (Å²) in [5.41, 5.74) is 0. The van der Waals surface area contributed by atoms with Gasteiger partial charge in [-0.05, 0) is 25.7 Å². The Bertz CT molecular complexity index is 1860. The van der Waals surface area contributed by atoms with E-state index >= 15 is 0 Å². The molecule has 0 radical (unpaired) electrons. The van der Waals surface area contributed by atoms with Crippen LogP contribution in [-0.2, 0) is 65.4 Å². The first-order valence-corrected chi connectivity index (χ1v) is 44.3. The van der Waals surface area contributed by atoms with Crippen molar-refractivity contribution >= 4 is 39.5 Å². The second-order valence-corrected chi connectivity index (χ2v) is 31.4. The van der Waals surface area contributed by atoms with Crippen LogP contribution in [0.1, 0.15) is 426 Å². The molecular weight excluding hydrogens is 1280 g/mol. The number of aliphatic hydroxyl groups is 1. The molecule has 2 unspecified atom stereocenters. The minimum Gasteiger partial charge on any atom is -0.462 e. The maximum atomic E-state index is 13.1. The lowest BCUT2D eigenvalue weighted by Gasteiger charge is -2.21. The molecule has 3 N–H and O–H groups in total. The Morgan fingerprint density at radius 1 is 0.245 bits per heavy atom. The highest BCUT2D eigenvalue weighted by molar-refractivity contribution is 7.47. The fourth-order valence-corrected chi connectivity index (χ4v) is 13.9. The number of phosphoric ester groups is 2. The predicted octanol–water partition coefficient (Wildman–Crippen LogP) is 23.8. The van der Waals surface area contributed by atoms with E-state index in [4.69, 9.17) is 37.0 Å². The fraction of sp³-hybridized carbons (Fsp3) is 0.949.